The molecule has 0 saturated carbocycles. The van der Waals surface area contributed by atoms with Crippen LogP contribution in [-0.2, 0) is 21.0 Å². The van der Waals surface area contributed by atoms with E-state index in [1.165, 1.54) is 82.1 Å². The van der Waals surface area contributed by atoms with Crippen LogP contribution in [0.1, 0.15) is 81.9 Å². The van der Waals surface area contributed by atoms with Crippen LogP contribution in [0.2, 0.25) is 0 Å². The van der Waals surface area contributed by atoms with Crippen LogP contribution in [0.15, 0.2) is 158 Å². The Labute approximate surface area is 295 Å². The summed E-state index contributed by atoms with van der Waals surface area (Å²) < 4.78 is 33.4. The first-order valence-electron chi connectivity index (χ1n) is 17.2. The Morgan fingerprint density at radius 1 is 0.562 bits per heavy atom. The van der Waals surface area contributed by atoms with E-state index < -0.39 is 10.1 Å². The van der Waals surface area contributed by atoms with Crippen LogP contribution >= 0.6 is 11.8 Å². The highest BCUT2D eigenvalue weighted by molar-refractivity contribution is 7.99. The summed E-state index contributed by atoms with van der Waals surface area (Å²) in [5.74, 6) is 0. The predicted molar refractivity (Wildman–Crippen MR) is 204 cm³/mol. The van der Waals surface area contributed by atoms with Gasteiger partial charge in [0.15, 0.2) is 15.0 Å². The smallest absolute Gasteiger partial charge is 0.282 e. The average Bonchev–Trinajstić information content (AvgIpc) is 3.11. The molecule has 1 N–H and O–H groups in total. The molecule has 0 saturated heterocycles. The van der Waals surface area contributed by atoms with E-state index in [-0.39, 0.29) is 21.0 Å². The molecular weight excluding hydrogens is 649 g/mol. The van der Waals surface area contributed by atoms with Crippen molar-refractivity contribution in [1.82, 2.24) is 0 Å². The van der Waals surface area contributed by atoms with Gasteiger partial charge >= 0.3 is 0 Å². The van der Waals surface area contributed by atoms with Crippen LogP contribution in [0.5, 0.6) is 0 Å². The number of hydrogen-bond acceptors (Lipinski definition) is 3. The first-order valence-corrected chi connectivity index (χ1v) is 20.8. The molecule has 5 aromatic rings. The second-order valence-corrected chi connectivity index (χ2v) is 17.0. The van der Waals surface area contributed by atoms with Gasteiger partial charge in [0.1, 0.15) is 0 Å². The molecule has 250 valence electrons. The lowest BCUT2D eigenvalue weighted by Gasteiger charge is -2.20. The molecule has 2 atom stereocenters. The van der Waals surface area contributed by atoms with E-state index in [1.54, 1.807) is 23.9 Å². The summed E-state index contributed by atoms with van der Waals surface area (Å²) in [5.41, 5.74) is 3.47. The molecule has 0 aromatic heterocycles. The maximum absolute atomic E-state index is 11.9. The van der Waals surface area contributed by atoms with Gasteiger partial charge in [-0.2, -0.15) is 8.42 Å². The molecule has 6 heteroatoms. The molecular formula is C42H47O3S3+. The third kappa shape index (κ3) is 10.6. The van der Waals surface area contributed by atoms with Crippen LogP contribution in [0.3, 0.4) is 0 Å². The minimum absolute atomic E-state index is 0.0646. The van der Waals surface area contributed by atoms with Crippen molar-refractivity contribution in [2.75, 3.05) is 0 Å². The second-order valence-electron chi connectivity index (χ2n) is 12.3. The van der Waals surface area contributed by atoms with Gasteiger partial charge in [-0.25, -0.2) is 0 Å². The van der Waals surface area contributed by atoms with E-state index in [9.17, 15) is 13.0 Å². The highest BCUT2D eigenvalue weighted by atomic mass is 32.2. The predicted octanol–water partition coefficient (Wildman–Crippen LogP) is 12.4. The van der Waals surface area contributed by atoms with Gasteiger partial charge < -0.3 is 0 Å². The van der Waals surface area contributed by atoms with Crippen LogP contribution in [-0.4, -0.2) is 13.0 Å². The molecule has 0 bridgehead atoms. The zero-order valence-corrected chi connectivity index (χ0v) is 30.3. The normalized spacial score (nSPS) is 12.9. The molecule has 2 unspecified atom stereocenters. The number of benzene rings is 5. The molecule has 0 fully saturated rings. The fraction of sp³-hybridized carbons (Fsp3) is 0.286. The molecule has 0 spiro atoms. The van der Waals surface area contributed by atoms with Gasteiger partial charge in [-0.15, -0.1) is 0 Å². The van der Waals surface area contributed by atoms with E-state index in [0.29, 0.717) is 0 Å². The molecule has 5 rings (SSSR count). The van der Waals surface area contributed by atoms with E-state index in [1.807, 2.05) is 18.2 Å². The minimum atomic E-state index is -4.25. The molecule has 0 aliphatic rings. The maximum Gasteiger partial charge on any atom is 0.294 e. The van der Waals surface area contributed by atoms with Crippen molar-refractivity contribution in [1.29, 1.82) is 0 Å². The van der Waals surface area contributed by atoms with Gasteiger partial charge in [-0.3, -0.25) is 4.55 Å². The maximum atomic E-state index is 11.9. The lowest BCUT2D eigenvalue weighted by Crippen LogP contribution is -2.16. The van der Waals surface area contributed by atoms with Crippen LogP contribution in [0.4, 0.5) is 0 Å². The topological polar surface area (TPSA) is 54.4 Å². The Morgan fingerprint density at radius 2 is 1.04 bits per heavy atom. The second kappa shape index (κ2) is 18.5. The molecule has 5 aromatic carbocycles. The van der Waals surface area contributed by atoms with Crippen molar-refractivity contribution in [2.24, 2.45) is 0 Å². The highest BCUT2D eigenvalue weighted by Gasteiger charge is 2.36. The Morgan fingerprint density at radius 3 is 1.60 bits per heavy atom. The third-order valence-corrected chi connectivity index (χ3v) is 13.2. The van der Waals surface area contributed by atoms with Crippen molar-refractivity contribution >= 4 is 32.8 Å². The van der Waals surface area contributed by atoms with Crippen LogP contribution < -0.4 is 0 Å². The largest absolute Gasteiger partial charge is 0.294 e. The van der Waals surface area contributed by atoms with Crippen molar-refractivity contribution in [3.05, 3.63) is 139 Å². The standard InChI is InChI=1S/C42H46O3S3/c1-2-3-4-5-6-7-8-9-16-21-42(36-26-32-41(33-27-36)48(43,44)45)47(39-19-14-11-15-20-39)40-30-24-35(25-31-40)34-22-28-38(29-23-34)46-37-17-12-10-13-18-37/h10-15,17-20,22-33,42H,2-9,16,21H2,1H3/p+1. The van der Waals surface area contributed by atoms with E-state index in [4.69, 9.17) is 0 Å². The van der Waals surface area contributed by atoms with Crippen molar-refractivity contribution in [2.45, 2.75) is 101 Å². The van der Waals surface area contributed by atoms with E-state index in [2.05, 4.69) is 110 Å². The van der Waals surface area contributed by atoms with Gasteiger partial charge in [0.25, 0.3) is 10.1 Å². The number of rotatable bonds is 18. The molecule has 0 aliphatic carbocycles. The molecule has 0 radical (unpaired) electrons. The van der Waals surface area contributed by atoms with E-state index >= 15 is 0 Å². The SMILES string of the molecule is CCCCCCCCCCCC(c1ccc(S(=O)(=O)O)cc1)[S+](c1ccccc1)c1ccc(-c2ccc(Sc3ccccc3)cc2)cc1. The van der Waals surface area contributed by atoms with Gasteiger partial charge in [0, 0.05) is 21.8 Å². The van der Waals surface area contributed by atoms with E-state index in [0.717, 1.165) is 18.4 Å². The summed E-state index contributed by atoms with van der Waals surface area (Å²) in [4.78, 5) is 4.91. The fourth-order valence-corrected chi connectivity index (χ4v) is 10.0. The first kappa shape index (κ1) is 36.0. The highest BCUT2D eigenvalue weighted by Crippen LogP contribution is 2.41. The third-order valence-electron chi connectivity index (χ3n) is 8.68. The van der Waals surface area contributed by atoms with Crippen LogP contribution in [0.25, 0.3) is 11.1 Å². The van der Waals surface area contributed by atoms with Gasteiger partial charge in [-0.1, -0.05) is 131 Å². The Balaban J connectivity index is 1.37. The molecule has 0 heterocycles. The monoisotopic (exact) mass is 695 g/mol. The van der Waals surface area contributed by atoms with Crippen molar-refractivity contribution < 1.29 is 13.0 Å². The molecule has 3 nitrogen and oxygen atoms in total. The van der Waals surface area contributed by atoms with Gasteiger partial charge in [0.05, 0.1) is 15.8 Å². The van der Waals surface area contributed by atoms with Crippen LogP contribution in [0, 0.1) is 0 Å². The van der Waals surface area contributed by atoms with Gasteiger partial charge in [0.2, 0.25) is 0 Å². The Kier molecular flexibility index (Phi) is 13.9. The fourth-order valence-electron chi connectivity index (χ4n) is 6.08. The summed E-state index contributed by atoms with van der Waals surface area (Å²) in [6.45, 7) is 2.26. The average molecular weight is 696 g/mol. The van der Waals surface area contributed by atoms with Gasteiger partial charge in [-0.05, 0) is 90.3 Å². The number of hydrogen-bond donors (Lipinski definition) is 1. The lowest BCUT2D eigenvalue weighted by atomic mass is 10.0. The zero-order chi connectivity index (χ0) is 33.6. The Bertz CT molecular complexity index is 1760. The summed E-state index contributed by atoms with van der Waals surface area (Å²) in [5, 5.41) is 0.174. The Hall–Kier alpha value is -3.29. The van der Waals surface area contributed by atoms with Crippen molar-refractivity contribution in [3.8, 4) is 11.1 Å². The summed E-state index contributed by atoms with van der Waals surface area (Å²) >= 11 is 1.77. The van der Waals surface area contributed by atoms with Crippen molar-refractivity contribution in [3.63, 3.8) is 0 Å². The molecule has 0 amide bonds. The summed E-state index contributed by atoms with van der Waals surface area (Å²) in [6, 6.07) is 45.8. The molecule has 48 heavy (non-hydrogen) atoms. The summed E-state index contributed by atoms with van der Waals surface area (Å²) in [6.07, 6.45) is 12.4. The quantitative estimate of drug-likeness (QED) is 0.0563. The summed E-state index contributed by atoms with van der Waals surface area (Å²) in [7, 11) is -4.54. The first-order chi connectivity index (χ1) is 23.4. The zero-order valence-electron chi connectivity index (χ0n) is 27.8. The minimum Gasteiger partial charge on any atom is -0.282 e. The molecule has 0 aliphatic heterocycles. The number of unbranched alkanes of at least 4 members (excludes halogenated alkanes) is 8. The lowest BCUT2D eigenvalue weighted by molar-refractivity contribution is 0.483.